The summed E-state index contributed by atoms with van der Waals surface area (Å²) in [5, 5.41) is 0.411. The Morgan fingerprint density at radius 3 is 2.67 bits per heavy atom. The molecule has 2 aromatic heterocycles. The summed E-state index contributed by atoms with van der Waals surface area (Å²) in [6.45, 7) is 0.214. The summed E-state index contributed by atoms with van der Waals surface area (Å²) in [6.07, 6.45) is 3.29. The van der Waals surface area contributed by atoms with Gasteiger partial charge in [-0.1, -0.05) is 23.5 Å². The van der Waals surface area contributed by atoms with Crippen molar-refractivity contribution in [1.82, 2.24) is 9.97 Å². The lowest BCUT2D eigenvalue weighted by Gasteiger charge is -2.20. The second kappa shape index (κ2) is 7.20. The number of carbonyl (C=O) groups excluding carboxylic acids is 1. The van der Waals surface area contributed by atoms with Gasteiger partial charge < -0.3 is 0 Å². The fourth-order valence-electron chi connectivity index (χ4n) is 2.68. The molecule has 4 aromatic rings. The van der Waals surface area contributed by atoms with Crippen LogP contribution in [0.4, 0.5) is 13.9 Å². The van der Waals surface area contributed by atoms with Gasteiger partial charge >= 0.3 is 0 Å². The van der Waals surface area contributed by atoms with E-state index in [0.29, 0.717) is 15.3 Å². The molecule has 0 aliphatic heterocycles. The Bertz CT molecular complexity index is 1110. The highest BCUT2D eigenvalue weighted by molar-refractivity contribution is 7.22. The van der Waals surface area contributed by atoms with Crippen molar-refractivity contribution in [3.8, 4) is 0 Å². The van der Waals surface area contributed by atoms with Gasteiger partial charge in [-0.05, 0) is 48.0 Å². The van der Waals surface area contributed by atoms with Crippen LogP contribution in [0.5, 0.6) is 0 Å². The number of rotatable bonds is 4. The fraction of sp³-hybridized carbons (Fsp3) is 0.0500. The predicted octanol–water partition coefficient (Wildman–Crippen LogP) is 4.82. The smallest absolute Gasteiger partial charge is 0.260 e. The molecule has 2 heterocycles. The van der Waals surface area contributed by atoms with E-state index < -0.39 is 11.7 Å². The van der Waals surface area contributed by atoms with Crippen molar-refractivity contribution in [2.75, 3.05) is 4.90 Å². The van der Waals surface area contributed by atoms with Crippen LogP contribution in [0.15, 0.2) is 67.0 Å². The van der Waals surface area contributed by atoms with Crippen molar-refractivity contribution in [2.45, 2.75) is 6.54 Å². The third-order valence-electron chi connectivity index (χ3n) is 3.95. The molecule has 2 aromatic carbocycles. The minimum Gasteiger partial charge on any atom is -0.279 e. The first-order valence-corrected chi connectivity index (χ1v) is 8.94. The Labute approximate surface area is 157 Å². The molecule has 0 unspecified atom stereocenters. The van der Waals surface area contributed by atoms with Gasteiger partial charge in [-0.25, -0.2) is 13.8 Å². The average Bonchev–Trinajstić information content (AvgIpc) is 3.09. The van der Waals surface area contributed by atoms with Crippen LogP contribution in [-0.4, -0.2) is 15.9 Å². The first-order valence-electron chi connectivity index (χ1n) is 8.12. The van der Waals surface area contributed by atoms with Crippen LogP contribution in [-0.2, 0) is 6.54 Å². The number of fused-ring (bicyclic) bond motifs is 1. The van der Waals surface area contributed by atoms with Gasteiger partial charge in [-0.3, -0.25) is 14.7 Å². The Hall–Kier alpha value is -3.19. The first kappa shape index (κ1) is 17.2. The number of thiazole rings is 1. The van der Waals surface area contributed by atoms with Crippen LogP contribution < -0.4 is 4.90 Å². The van der Waals surface area contributed by atoms with Crippen LogP contribution in [0, 0.1) is 11.6 Å². The molecular weight excluding hydrogens is 368 g/mol. The maximum absolute atomic E-state index is 13.6. The number of halogens is 2. The zero-order valence-electron chi connectivity index (χ0n) is 14.0. The van der Waals surface area contributed by atoms with E-state index in [4.69, 9.17) is 0 Å². The molecule has 0 aliphatic carbocycles. The molecule has 0 N–H and O–H groups in total. The third kappa shape index (κ3) is 3.68. The molecular formula is C20H13F2N3OS. The van der Waals surface area contributed by atoms with Gasteiger partial charge in [0.1, 0.15) is 11.6 Å². The predicted molar refractivity (Wildman–Crippen MR) is 101 cm³/mol. The molecule has 0 bridgehead atoms. The number of carbonyl (C=O) groups is 1. The van der Waals surface area contributed by atoms with Gasteiger partial charge in [-0.2, -0.15) is 0 Å². The van der Waals surface area contributed by atoms with Gasteiger partial charge in [0.15, 0.2) is 5.13 Å². The van der Waals surface area contributed by atoms with E-state index >= 15 is 0 Å². The van der Waals surface area contributed by atoms with Crippen LogP contribution >= 0.6 is 11.3 Å². The molecule has 1 amide bonds. The number of anilines is 1. The number of aromatic nitrogens is 2. The van der Waals surface area contributed by atoms with E-state index in [0.717, 1.165) is 5.56 Å². The van der Waals surface area contributed by atoms with Crippen molar-refractivity contribution in [3.05, 3.63) is 89.8 Å². The Morgan fingerprint density at radius 1 is 1.04 bits per heavy atom. The number of nitrogens with zero attached hydrogens (tertiary/aromatic N) is 3. The first-order chi connectivity index (χ1) is 13.1. The van der Waals surface area contributed by atoms with Gasteiger partial charge in [0, 0.05) is 18.0 Å². The molecule has 0 fully saturated rings. The number of benzene rings is 2. The lowest BCUT2D eigenvalue weighted by atomic mass is 10.2. The Balaban J connectivity index is 1.77. The van der Waals surface area contributed by atoms with Crippen molar-refractivity contribution < 1.29 is 13.6 Å². The highest BCUT2D eigenvalue weighted by Gasteiger charge is 2.22. The van der Waals surface area contributed by atoms with E-state index in [-0.39, 0.29) is 17.9 Å². The van der Waals surface area contributed by atoms with Gasteiger partial charge in [0.05, 0.1) is 16.8 Å². The zero-order chi connectivity index (χ0) is 18.8. The van der Waals surface area contributed by atoms with Crippen molar-refractivity contribution in [2.24, 2.45) is 0 Å². The molecule has 7 heteroatoms. The number of hydrogen-bond acceptors (Lipinski definition) is 4. The molecule has 4 rings (SSSR count). The summed E-state index contributed by atoms with van der Waals surface area (Å²) in [4.78, 5) is 23.1. The summed E-state index contributed by atoms with van der Waals surface area (Å²) >= 11 is 1.21. The monoisotopic (exact) mass is 381 g/mol. The molecule has 134 valence electrons. The van der Waals surface area contributed by atoms with Crippen LogP contribution in [0.1, 0.15) is 15.9 Å². The Morgan fingerprint density at radius 2 is 1.89 bits per heavy atom. The minimum atomic E-state index is -0.492. The second-order valence-electron chi connectivity index (χ2n) is 5.87. The van der Waals surface area contributed by atoms with Gasteiger partial charge in [0.25, 0.3) is 5.91 Å². The zero-order valence-corrected chi connectivity index (χ0v) is 14.8. The maximum atomic E-state index is 13.6. The number of pyridine rings is 1. The summed E-state index contributed by atoms with van der Waals surface area (Å²) in [5.74, 6) is -1.25. The van der Waals surface area contributed by atoms with Crippen LogP contribution in [0.25, 0.3) is 10.2 Å². The SMILES string of the molecule is O=C(c1cccc(F)c1)N(Cc1cccnc1)c1nc2ccc(F)cc2s1. The Kier molecular flexibility index (Phi) is 4.60. The molecule has 27 heavy (non-hydrogen) atoms. The normalized spacial score (nSPS) is 10.9. The van der Waals surface area contributed by atoms with Crippen LogP contribution in [0.2, 0.25) is 0 Å². The standard InChI is InChI=1S/C20H13F2N3OS/c21-15-5-1-4-14(9-15)19(26)25(12-13-3-2-8-23-11-13)20-24-17-7-6-16(22)10-18(17)27-20/h1-11H,12H2. The molecule has 0 atom stereocenters. The highest BCUT2D eigenvalue weighted by atomic mass is 32.1. The summed E-state index contributed by atoms with van der Waals surface area (Å²) < 4.78 is 27.7. The van der Waals surface area contributed by atoms with E-state index in [2.05, 4.69) is 9.97 Å². The van der Waals surface area contributed by atoms with Gasteiger partial charge in [-0.15, -0.1) is 0 Å². The van der Waals surface area contributed by atoms with Gasteiger partial charge in [0.2, 0.25) is 0 Å². The summed E-state index contributed by atoms with van der Waals surface area (Å²) in [7, 11) is 0. The second-order valence-corrected chi connectivity index (χ2v) is 6.88. The lowest BCUT2D eigenvalue weighted by Crippen LogP contribution is -2.30. The molecule has 0 spiro atoms. The largest absolute Gasteiger partial charge is 0.279 e. The van der Waals surface area contributed by atoms with E-state index in [9.17, 15) is 13.6 Å². The molecule has 0 radical (unpaired) electrons. The van der Waals surface area contributed by atoms with E-state index in [1.165, 1.54) is 46.6 Å². The number of amides is 1. The van der Waals surface area contributed by atoms with E-state index in [1.807, 2.05) is 6.07 Å². The summed E-state index contributed by atoms with van der Waals surface area (Å²) in [5.41, 5.74) is 1.61. The van der Waals surface area contributed by atoms with Crippen molar-refractivity contribution in [3.63, 3.8) is 0 Å². The average molecular weight is 381 g/mol. The maximum Gasteiger partial charge on any atom is 0.260 e. The van der Waals surface area contributed by atoms with Crippen LogP contribution in [0.3, 0.4) is 0 Å². The van der Waals surface area contributed by atoms with E-state index in [1.54, 1.807) is 30.6 Å². The highest BCUT2D eigenvalue weighted by Crippen LogP contribution is 2.31. The topological polar surface area (TPSA) is 46.1 Å². The van der Waals surface area contributed by atoms with Crippen molar-refractivity contribution in [1.29, 1.82) is 0 Å². The van der Waals surface area contributed by atoms with Crippen molar-refractivity contribution >= 4 is 32.6 Å². The molecule has 0 saturated heterocycles. The fourth-order valence-corrected chi connectivity index (χ4v) is 3.67. The minimum absolute atomic E-state index is 0.212. The molecule has 0 saturated carbocycles. The summed E-state index contributed by atoms with van der Waals surface area (Å²) in [6, 6.07) is 13.4. The lowest BCUT2D eigenvalue weighted by molar-refractivity contribution is 0.0984. The third-order valence-corrected chi connectivity index (χ3v) is 4.99. The molecule has 4 nitrogen and oxygen atoms in total. The molecule has 0 aliphatic rings. The quantitative estimate of drug-likeness (QED) is 0.509. The number of hydrogen-bond donors (Lipinski definition) is 0.